The third kappa shape index (κ3) is 2.93. The Morgan fingerprint density at radius 2 is 2.27 bits per heavy atom. The van der Waals surface area contributed by atoms with Crippen LogP contribution < -0.4 is 5.32 Å². The average Bonchev–Trinajstić information content (AvgIpc) is 2.63. The van der Waals surface area contributed by atoms with Crippen molar-refractivity contribution < 1.29 is 23.9 Å². The minimum absolute atomic E-state index is 0.0692. The van der Waals surface area contributed by atoms with Crippen LogP contribution in [-0.2, 0) is 23.9 Å². The van der Waals surface area contributed by atoms with Crippen LogP contribution in [0.1, 0.15) is 13.3 Å². The standard InChI is InChI=1S/C9H13NO5/c1-5(9(13)14-2)10-8(12)6-3-7(11)15-4-6/h5-6H,3-4H2,1-2H3,(H,10,12). The molecule has 1 saturated heterocycles. The van der Waals surface area contributed by atoms with Gasteiger partial charge in [0.15, 0.2) is 0 Å². The Morgan fingerprint density at radius 3 is 2.73 bits per heavy atom. The molecule has 0 aromatic rings. The second-order valence-electron chi connectivity index (χ2n) is 3.34. The van der Waals surface area contributed by atoms with Crippen LogP contribution in [0, 0.1) is 5.92 Å². The predicted octanol–water partition coefficient (Wildman–Crippen LogP) is -0.773. The summed E-state index contributed by atoms with van der Waals surface area (Å²) in [4.78, 5) is 33.2. The van der Waals surface area contributed by atoms with Crippen LogP contribution in [-0.4, -0.2) is 37.6 Å². The maximum absolute atomic E-state index is 11.5. The highest BCUT2D eigenvalue weighted by atomic mass is 16.5. The number of hydrogen-bond donors (Lipinski definition) is 1. The fourth-order valence-corrected chi connectivity index (χ4v) is 1.25. The van der Waals surface area contributed by atoms with Gasteiger partial charge in [0.1, 0.15) is 12.6 Å². The number of carbonyl (C=O) groups excluding carboxylic acids is 3. The molecule has 1 rings (SSSR count). The molecule has 2 atom stereocenters. The Labute approximate surface area is 86.9 Å². The lowest BCUT2D eigenvalue weighted by Crippen LogP contribution is -2.42. The van der Waals surface area contributed by atoms with E-state index in [-0.39, 0.29) is 24.9 Å². The summed E-state index contributed by atoms with van der Waals surface area (Å²) in [6.45, 7) is 1.60. The molecule has 1 heterocycles. The van der Waals surface area contributed by atoms with Crippen LogP contribution in [0.15, 0.2) is 0 Å². The van der Waals surface area contributed by atoms with Crippen LogP contribution in [0.2, 0.25) is 0 Å². The molecule has 1 aliphatic heterocycles. The lowest BCUT2D eigenvalue weighted by atomic mass is 10.1. The van der Waals surface area contributed by atoms with Gasteiger partial charge in [0.05, 0.1) is 19.4 Å². The molecular weight excluding hydrogens is 202 g/mol. The van der Waals surface area contributed by atoms with Crippen molar-refractivity contribution in [3.05, 3.63) is 0 Å². The Balaban J connectivity index is 2.42. The van der Waals surface area contributed by atoms with Crippen LogP contribution in [0.3, 0.4) is 0 Å². The highest BCUT2D eigenvalue weighted by molar-refractivity contribution is 5.89. The van der Waals surface area contributed by atoms with Gasteiger partial charge >= 0.3 is 11.9 Å². The highest BCUT2D eigenvalue weighted by Crippen LogP contribution is 2.13. The van der Waals surface area contributed by atoms with Crippen molar-refractivity contribution in [2.24, 2.45) is 5.92 Å². The maximum atomic E-state index is 11.5. The predicted molar refractivity (Wildman–Crippen MR) is 48.7 cm³/mol. The third-order valence-electron chi connectivity index (χ3n) is 2.14. The first-order valence-corrected chi connectivity index (χ1v) is 4.58. The number of nitrogens with one attached hydrogen (secondary N) is 1. The number of carbonyl (C=O) groups is 3. The van der Waals surface area contributed by atoms with Gasteiger partial charge in [-0.1, -0.05) is 0 Å². The quantitative estimate of drug-likeness (QED) is 0.625. The Bertz CT molecular complexity index is 288. The lowest BCUT2D eigenvalue weighted by molar-refractivity contribution is -0.145. The number of ether oxygens (including phenoxy) is 2. The molecule has 6 nitrogen and oxygen atoms in total. The zero-order valence-electron chi connectivity index (χ0n) is 8.61. The molecule has 1 aliphatic rings. The molecule has 1 fully saturated rings. The van der Waals surface area contributed by atoms with Crippen LogP contribution in [0.5, 0.6) is 0 Å². The highest BCUT2D eigenvalue weighted by Gasteiger charge is 2.31. The molecule has 2 unspecified atom stereocenters. The third-order valence-corrected chi connectivity index (χ3v) is 2.14. The molecule has 6 heteroatoms. The first kappa shape index (κ1) is 11.5. The van der Waals surface area contributed by atoms with Crippen molar-refractivity contribution in [3.8, 4) is 0 Å². The van der Waals surface area contributed by atoms with Crippen molar-refractivity contribution in [2.75, 3.05) is 13.7 Å². The van der Waals surface area contributed by atoms with Gasteiger partial charge in [-0.15, -0.1) is 0 Å². The molecular formula is C9H13NO5. The minimum atomic E-state index is -0.710. The molecule has 1 N–H and O–H groups in total. The van der Waals surface area contributed by atoms with Crippen molar-refractivity contribution in [2.45, 2.75) is 19.4 Å². The zero-order chi connectivity index (χ0) is 11.4. The molecule has 0 aromatic carbocycles. The molecule has 0 bridgehead atoms. The summed E-state index contributed by atoms with van der Waals surface area (Å²) in [6, 6.07) is -0.710. The fraction of sp³-hybridized carbons (Fsp3) is 0.667. The Kier molecular flexibility index (Phi) is 3.65. The van der Waals surface area contributed by atoms with Crippen LogP contribution in [0.25, 0.3) is 0 Å². The summed E-state index contributed by atoms with van der Waals surface area (Å²) in [5.41, 5.74) is 0. The van der Waals surface area contributed by atoms with Crippen LogP contribution >= 0.6 is 0 Å². The summed E-state index contributed by atoms with van der Waals surface area (Å²) in [5, 5.41) is 2.45. The molecule has 0 aromatic heterocycles. The average molecular weight is 215 g/mol. The SMILES string of the molecule is COC(=O)C(C)NC(=O)C1COC(=O)C1. The topological polar surface area (TPSA) is 81.7 Å². The maximum Gasteiger partial charge on any atom is 0.328 e. The number of methoxy groups -OCH3 is 1. The molecule has 0 saturated carbocycles. The summed E-state index contributed by atoms with van der Waals surface area (Å²) in [7, 11) is 1.24. The van der Waals surface area contributed by atoms with E-state index in [0.717, 1.165) is 0 Å². The molecule has 0 spiro atoms. The van der Waals surface area contributed by atoms with Gasteiger partial charge in [0.2, 0.25) is 5.91 Å². The van der Waals surface area contributed by atoms with Gasteiger partial charge in [-0.3, -0.25) is 9.59 Å². The van der Waals surface area contributed by atoms with E-state index in [9.17, 15) is 14.4 Å². The number of cyclic esters (lactones) is 1. The fourth-order valence-electron chi connectivity index (χ4n) is 1.25. The van der Waals surface area contributed by atoms with E-state index >= 15 is 0 Å². The molecule has 15 heavy (non-hydrogen) atoms. The molecule has 0 radical (unpaired) electrons. The monoisotopic (exact) mass is 215 g/mol. The number of amides is 1. The van der Waals surface area contributed by atoms with Crippen molar-refractivity contribution in [3.63, 3.8) is 0 Å². The normalized spacial score (nSPS) is 21.7. The Hall–Kier alpha value is -1.59. The first-order chi connectivity index (χ1) is 7.04. The summed E-state index contributed by atoms with van der Waals surface area (Å²) < 4.78 is 9.08. The van der Waals surface area contributed by atoms with E-state index in [2.05, 4.69) is 14.8 Å². The van der Waals surface area contributed by atoms with E-state index < -0.39 is 17.9 Å². The number of esters is 2. The molecule has 1 amide bonds. The van der Waals surface area contributed by atoms with E-state index in [0.29, 0.717) is 0 Å². The van der Waals surface area contributed by atoms with Gasteiger partial charge in [0, 0.05) is 0 Å². The van der Waals surface area contributed by atoms with E-state index in [4.69, 9.17) is 0 Å². The molecule has 84 valence electrons. The zero-order valence-corrected chi connectivity index (χ0v) is 8.61. The second-order valence-corrected chi connectivity index (χ2v) is 3.34. The van der Waals surface area contributed by atoms with Crippen molar-refractivity contribution in [1.82, 2.24) is 5.32 Å². The minimum Gasteiger partial charge on any atom is -0.467 e. The summed E-state index contributed by atoms with van der Waals surface area (Å²) in [5.74, 6) is -1.77. The Morgan fingerprint density at radius 1 is 1.60 bits per heavy atom. The largest absolute Gasteiger partial charge is 0.467 e. The van der Waals surface area contributed by atoms with E-state index in [1.165, 1.54) is 14.0 Å². The smallest absolute Gasteiger partial charge is 0.328 e. The first-order valence-electron chi connectivity index (χ1n) is 4.58. The molecule has 0 aliphatic carbocycles. The van der Waals surface area contributed by atoms with E-state index in [1.807, 2.05) is 0 Å². The van der Waals surface area contributed by atoms with Gasteiger partial charge in [-0.05, 0) is 6.92 Å². The van der Waals surface area contributed by atoms with E-state index in [1.54, 1.807) is 0 Å². The number of rotatable bonds is 3. The van der Waals surface area contributed by atoms with Crippen molar-refractivity contribution in [1.29, 1.82) is 0 Å². The number of hydrogen-bond acceptors (Lipinski definition) is 5. The van der Waals surface area contributed by atoms with Gasteiger partial charge in [0.25, 0.3) is 0 Å². The van der Waals surface area contributed by atoms with Crippen LogP contribution in [0.4, 0.5) is 0 Å². The summed E-state index contributed by atoms with van der Waals surface area (Å²) in [6.07, 6.45) is 0.0692. The van der Waals surface area contributed by atoms with Gasteiger partial charge in [-0.2, -0.15) is 0 Å². The lowest BCUT2D eigenvalue weighted by Gasteiger charge is -2.13. The second kappa shape index (κ2) is 4.77. The van der Waals surface area contributed by atoms with Crippen molar-refractivity contribution >= 4 is 17.8 Å². The van der Waals surface area contributed by atoms with Gasteiger partial charge < -0.3 is 14.8 Å². The van der Waals surface area contributed by atoms with Gasteiger partial charge in [-0.25, -0.2) is 4.79 Å². The summed E-state index contributed by atoms with van der Waals surface area (Å²) >= 11 is 0.